The van der Waals surface area contributed by atoms with Crippen LogP contribution in [0.2, 0.25) is 5.02 Å². The van der Waals surface area contributed by atoms with Gasteiger partial charge < -0.3 is 10.4 Å². The van der Waals surface area contributed by atoms with Crippen molar-refractivity contribution in [1.29, 1.82) is 0 Å². The largest absolute Gasteiger partial charge is 0.396 e. The molecule has 2 N–H and O–H groups in total. The maximum absolute atomic E-state index is 12.1. The summed E-state index contributed by atoms with van der Waals surface area (Å²) in [6, 6.07) is 3.90. The molecule has 1 aromatic carbocycles. The fourth-order valence-electron chi connectivity index (χ4n) is 2.57. The Bertz CT molecular complexity index is 542. The molecule has 1 aromatic rings. The molecule has 114 valence electrons. The van der Waals surface area contributed by atoms with Crippen molar-refractivity contribution in [3.8, 4) is 0 Å². The molecule has 0 heterocycles. The standard InChI is InChI=1S/C14H17ClN2O4/c15-11-5-10(6-13(7-11)17(20)21)14(19)16-12-3-1-9(8-18)2-4-12/h5-7,9,12,18H,1-4,8H2,(H,16,19). The number of halogens is 1. The molecule has 0 spiro atoms. The minimum absolute atomic E-state index is 0.0401. The van der Waals surface area contributed by atoms with E-state index in [0.717, 1.165) is 25.7 Å². The summed E-state index contributed by atoms with van der Waals surface area (Å²) < 4.78 is 0. The molecule has 0 unspecified atom stereocenters. The van der Waals surface area contributed by atoms with Gasteiger partial charge in [0.1, 0.15) is 0 Å². The summed E-state index contributed by atoms with van der Waals surface area (Å²) in [5.74, 6) is -0.0431. The Balaban J connectivity index is 2.02. The van der Waals surface area contributed by atoms with Crippen LogP contribution < -0.4 is 5.32 Å². The Labute approximate surface area is 127 Å². The second kappa shape index (κ2) is 6.87. The molecule has 0 aliphatic heterocycles. The molecular formula is C14H17ClN2O4. The van der Waals surface area contributed by atoms with Crippen molar-refractivity contribution in [3.05, 3.63) is 38.9 Å². The minimum Gasteiger partial charge on any atom is -0.396 e. The SMILES string of the molecule is O=C(NC1CCC(CO)CC1)c1cc(Cl)cc([N+](=O)[O-])c1. The topological polar surface area (TPSA) is 92.5 Å². The highest BCUT2D eigenvalue weighted by Crippen LogP contribution is 2.25. The van der Waals surface area contributed by atoms with Gasteiger partial charge in [0.2, 0.25) is 0 Å². The van der Waals surface area contributed by atoms with E-state index in [4.69, 9.17) is 16.7 Å². The van der Waals surface area contributed by atoms with Gasteiger partial charge in [0.15, 0.2) is 0 Å². The van der Waals surface area contributed by atoms with Crippen LogP contribution >= 0.6 is 11.6 Å². The van der Waals surface area contributed by atoms with Gasteiger partial charge in [-0.1, -0.05) is 11.6 Å². The Morgan fingerprint density at radius 2 is 2.00 bits per heavy atom. The van der Waals surface area contributed by atoms with E-state index in [0.29, 0.717) is 5.92 Å². The van der Waals surface area contributed by atoms with Crippen molar-refractivity contribution < 1.29 is 14.8 Å². The second-order valence-corrected chi connectivity index (χ2v) is 5.77. The van der Waals surface area contributed by atoms with Crippen LogP contribution in [0.5, 0.6) is 0 Å². The number of benzene rings is 1. The normalized spacial score (nSPS) is 21.8. The van der Waals surface area contributed by atoms with Crippen molar-refractivity contribution in [3.63, 3.8) is 0 Å². The molecule has 0 saturated heterocycles. The van der Waals surface area contributed by atoms with Crippen molar-refractivity contribution in [2.75, 3.05) is 6.61 Å². The third-order valence-electron chi connectivity index (χ3n) is 3.80. The predicted octanol–water partition coefficient (Wildman–Crippen LogP) is 2.53. The number of nitrogens with one attached hydrogen (secondary N) is 1. The second-order valence-electron chi connectivity index (χ2n) is 5.33. The molecule has 0 radical (unpaired) electrons. The first-order valence-electron chi connectivity index (χ1n) is 6.86. The van der Waals surface area contributed by atoms with Crippen LogP contribution in [-0.2, 0) is 0 Å². The van der Waals surface area contributed by atoms with Gasteiger partial charge in [-0.05, 0) is 37.7 Å². The summed E-state index contributed by atoms with van der Waals surface area (Å²) in [5.41, 5.74) is -0.00452. The van der Waals surface area contributed by atoms with Gasteiger partial charge in [-0.2, -0.15) is 0 Å². The predicted molar refractivity (Wildman–Crippen MR) is 78.4 cm³/mol. The highest BCUT2D eigenvalue weighted by Gasteiger charge is 2.23. The number of rotatable bonds is 4. The van der Waals surface area contributed by atoms with Crippen molar-refractivity contribution in [2.45, 2.75) is 31.7 Å². The number of nitro groups is 1. The maximum Gasteiger partial charge on any atom is 0.271 e. The Hall–Kier alpha value is -1.66. The maximum atomic E-state index is 12.1. The number of amides is 1. The van der Waals surface area contributed by atoms with Crippen LogP contribution in [-0.4, -0.2) is 28.6 Å². The molecular weight excluding hydrogens is 296 g/mol. The molecule has 0 atom stereocenters. The van der Waals surface area contributed by atoms with E-state index in [2.05, 4.69) is 5.32 Å². The lowest BCUT2D eigenvalue weighted by molar-refractivity contribution is -0.384. The summed E-state index contributed by atoms with van der Waals surface area (Å²) >= 11 is 5.81. The van der Waals surface area contributed by atoms with Crippen molar-refractivity contribution >= 4 is 23.2 Å². The molecule has 1 aliphatic carbocycles. The molecule has 1 fully saturated rings. The van der Waals surface area contributed by atoms with E-state index in [1.54, 1.807) is 0 Å². The number of carbonyl (C=O) groups is 1. The van der Waals surface area contributed by atoms with Crippen LogP contribution in [0, 0.1) is 16.0 Å². The summed E-state index contributed by atoms with van der Waals surface area (Å²) in [6.07, 6.45) is 3.35. The Morgan fingerprint density at radius 1 is 1.33 bits per heavy atom. The van der Waals surface area contributed by atoms with Crippen LogP contribution in [0.25, 0.3) is 0 Å². The highest BCUT2D eigenvalue weighted by molar-refractivity contribution is 6.31. The van der Waals surface area contributed by atoms with Gasteiger partial charge in [-0.15, -0.1) is 0 Å². The number of aliphatic hydroxyl groups is 1. The van der Waals surface area contributed by atoms with E-state index in [1.165, 1.54) is 18.2 Å². The Morgan fingerprint density at radius 3 is 2.57 bits per heavy atom. The number of nitro benzene ring substituents is 1. The average molecular weight is 313 g/mol. The van der Waals surface area contributed by atoms with Crippen LogP contribution in [0.4, 0.5) is 5.69 Å². The van der Waals surface area contributed by atoms with Gasteiger partial charge in [-0.25, -0.2) is 0 Å². The smallest absolute Gasteiger partial charge is 0.271 e. The molecule has 1 saturated carbocycles. The monoisotopic (exact) mass is 312 g/mol. The quantitative estimate of drug-likeness (QED) is 0.660. The highest BCUT2D eigenvalue weighted by atomic mass is 35.5. The lowest BCUT2D eigenvalue weighted by Gasteiger charge is -2.27. The fourth-order valence-corrected chi connectivity index (χ4v) is 2.80. The van der Waals surface area contributed by atoms with E-state index in [9.17, 15) is 14.9 Å². The number of non-ortho nitro benzene ring substituents is 1. The van der Waals surface area contributed by atoms with Gasteiger partial charge in [-0.3, -0.25) is 14.9 Å². The molecule has 7 heteroatoms. The first-order chi connectivity index (χ1) is 9.99. The van der Waals surface area contributed by atoms with Crippen LogP contribution in [0.15, 0.2) is 18.2 Å². The zero-order chi connectivity index (χ0) is 15.4. The number of hydrogen-bond acceptors (Lipinski definition) is 4. The zero-order valence-corrected chi connectivity index (χ0v) is 12.2. The van der Waals surface area contributed by atoms with E-state index >= 15 is 0 Å². The van der Waals surface area contributed by atoms with Gasteiger partial charge in [0, 0.05) is 35.4 Å². The molecule has 1 aliphatic rings. The number of hydrogen-bond donors (Lipinski definition) is 2. The van der Waals surface area contributed by atoms with Crippen molar-refractivity contribution in [2.24, 2.45) is 5.92 Å². The Kier molecular flexibility index (Phi) is 5.14. The van der Waals surface area contributed by atoms with E-state index in [1.807, 2.05) is 0 Å². The van der Waals surface area contributed by atoms with E-state index in [-0.39, 0.29) is 34.8 Å². The fraction of sp³-hybridized carbons (Fsp3) is 0.500. The van der Waals surface area contributed by atoms with Gasteiger partial charge in [0.25, 0.3) is 11.6 Å². The van der Waals surface area contributed by atoms with E-state index < -0.39 is 4.92 Å². The third kappa shape index (κ3) is 4.15. The number of carbonyl (C=O) groups excluding carboxylic acids is 1. The van der Waals surface area contributed by atoms with Crippen LogP contribution in [0.1, 0.15) is 36.0 Å². The molecule has 1 amide bonds. The van der Waals surface area contributed by atoms with Crippen molar-refractivity contribution in [1.82, 2.24) is 5.32 Å². The summed E-state index contributed by atoms with van der Waals surface area (Å²) in [7, 11) is 0. The number of nitrogens with zero attached hydrogens (tertiary/aromatic N) is 1. The first-order valence-corrected chi connectivity index (χ1v) is 7.24. The molecule has 6 nitrogen and oxygen atoms in total. The lowest BCUT2D eigenvalue weighted by atomic mass is 9.86. The molecule has 0 aromatic heterocycles. The lowest BCUT2D eigenvalue weighted by Crippen LogP contribution is -2.38. The zero-order valence-electron chi connectivity index (χ0n) is 11.4. The third-order valence-corrected chi connectivity index (χ3v) is 4.01. The first kappa shape index (κ1) is 15.7. The number of aliphatic hydroxyl groups excluding tert-OH is 1. The molecule has 2 rings (SSSR count). The van der Waals surface area contributed by atoms with Gasteiger partial charge >= 0.3 is 0 Å². The van der Waals surface area contributed by atoms with Gasteiger partial charge in [0.05, 0.1) is 4.92 Å². The molecule has 21 heavy (non-hydrogen) atoms. The average Bonchev–Trinajstić information content (AvgIpc) is 2.47. The summed E-state index contributed by atoms with van der Waals surface area (Å²) in [4.78, 5) is 22.4. The molecule has 0 bridgehead atoms. The minimum atomic E-state index is -0.574. The van der Waals surface area contributed by atoms with Crippen LogP contribution in [0.3, 0.4) is 0 Å². The summed E-state index contributed by atoms with van der Waals surface area (Å²) in [6.45, 7) is 0.182. The summed E-state index contributed by atoms with van der Waals surface area (Å²) in [5, 5.41) is 22.9.